The predicted molar refractivity (Wildman–Crippen MR) is 52.7 cm³/mol. The Hall–Kier alpha value is 0.520. The molecule has 0 radical (unpaired) electrons. The van der Waals surface area contributed by atoms with Crippen molar-refractivity contribution in [2.75, 3.05) is 0 Å². The van der Waals surface area contributed by atoms with Crippen molar-refractivity contribution >= 4 is 46.6 Å². The first-order valence-electron chi connectivity index (χ1n) is 2.48. The number of hydrogen-bond donors (Lipinski definition) is 0. The van der Waals surface area contributed by atoms with Gasteiger partial charge in [0.05, 0.1) is 21.3 Å². The number of aryl methyl sites for hydroxylation is 1. The molecule has 0 aliphatic heterocycles. The Morgan fingerprint density at radius 2 is 2.40 bits per heavy atom. The minimum atomic E-state index is 0. The Balaban J connectivity index is 0.000000810. The molecule has 0 saturated heterocycles. The van der Waals surface area contributed by atoms with E-state index in [2.05, 4.69) is 27.7 Å². The summed E-state index contributed by atoms with van der Waals surface area (Å²) in [5, 5.41) is 4.01. The minimum absolute atomic E-state index is 0. The third kappa shape index (κ3) is 2.00. The van der Waals surface area contributed by atoms with E-state index in [4.69, 9.17) is 11.6 Å². The van der Waals surface area contributed by atoms with Gasteiger partial charge in [0, 0.05) is 7.05 Å². The molecular formula is C5H7Cl2IN2. The van der Waals surface area contributed by atoms with Gasteiger partial charge < -0.3 is 0 Å². The lowest BCUT2D eigenvalue weighted by atomic mass is 10.5. The van der Waals surface area contributed by atoms with Gasteiger partial charge in [-0.3, -0.25) is 4.68 Å². The van der Waals surface area contributed by atoms with Crippen molar-refractivity contribution in [3.05, 3.63) is 15.5 Å². The van der Waals surface area contributed by atoms with Crippen LogP contribution in [0.3, 0.4) is 0 Å². The Labute approximate surface area is 84.5 Å². The van der Waals surface area contributed by atoms with Gasteiger partial charge in [0.2, 0.25) is 0 Å². The number of hydrogen-bond acceptors (Lipinski definition) is 1. The maximum atomic E-state index is 5.61. The second kappa shape index (κ2) is 4.41. The first-order valence-corrected chi connectivity index (χ1v) is 4.09. The molecule has 1 aromatic heterocycles. The molecule has 0 atom stereocenters. The van der Waals surface area contributed by atoms with Gasteiger partial charge in [-0.15, -0.1) is 24.0 Å². The van der Waals surface area contributed by atoms with E-state index in [9.17, 15) is 0 Å². The van der Waals surface area contributed by atoms with Crippen LogP contribution in [-0.4, -0.2) is 9.78 Å². The van der Waals surface area contributed by atoms with Crippen molar-refractivity contribution < 1.29 is 0 Å². The zero-order valence-electron chi connectivity index (χ0n) is 5.34. The monoisotopic (exact) mass is 292 g/mol. The van der Waals surface area contributed by atoms with Crippen molar-refractivity contribution in [1.29, 1.82) is 0 Å². The molecule has 0 N–H and O–H groups in total. The zero-order chi connectivity index (χ0) is 6.85. The Morgan fingerprint density at radius 1 is 1.80 bits per heavy atom. The maximum absolute atomic E-state index is 5.61. The first-order chi connectivity index (χ1) is 4.25. The standard InChI is InChI=1S/C5H6ClIN2.ClH/c1-9-5(2-6)4(7)3-8-9;/h3H,2H2,1H3;1H. The van der Waals surface area contributed by atoms with Gasteiger partial charge in [0.25, 0.3) is 0 Å². The SMILES string of the molecule is Cl.Cn1ncc(I)c1CCl. The van der Waals surface area contributed by atoms with E-state index < -0.39 is 0 Å². The van der Waals surface area contributed by atoms with Gasteiger partial charge in [0.1, 0.15) is 0 Å². The van der Waals surface area contributed by atoms with E-state index in [0.717, 1.165) is 9.26 Å². The summed E-state index contributed by atoms with van der Waals surface area (Å²) in [5.74, 6) is 0.536. The van der Waals surface area contributed by atoms with Gasteiger partial charge >= 0.3 is 0 Å². The summed E-state index contributed by atoms with van der Waals surface area (Å²) in [6.07, 6.45) is 1.80. The highest BCUT2D eigenvalue weighted by molar-refractivity contribution is 14.1. The second-order valence-corrected chi connectivity index (χ2v) is 3.13. The Bertz CT molecular complexity index is 192. The van der Waals surface area contributed by atoms with Crippen molar-refractivity contribution in [3.63, 3.8) is 0 Å². The number of aromatic nitrogens is 2. The van der Waals surface area contributed by atoms with Gasteiger partial charge in [0.15, 0.2) is 0 Å². The second-order valence-electron chi connectivity index (χ2n) is 1.70. The molecule has 1 aromatic rings. The fourth-order valence-electron chi connectivity index (χ4n) is 0.586. The number of halogens is 3. The van der Waals surface area contributed by atoms with Crippen LogP contribution < -0.4 is 0 Å². The van der Waals surface area contributed by atoms with Crippen LogP contribution in [0.25, 0.3) is 0 Å². The average molecular weight is 293 g/mol. The van der Waals surface area contributed by atoms with Crippen LogP contribution in [0.5, 0.6) is 0 Å². The van der Waals surface area contributed by atoms with E-state index in [0.29, 0.717) is 5.88 Å². The topological polar surface area (TPSA) is 17.8 Å². The van der Waals surface area contributed by atoms with E-state index in [1.54, 1.807) is 10.9 Å². The molecule has 0 saturated carbocycles. The van der Waals surface area contributed by atoms with Crippen LogP contribution in [0.1, 0.15) is 5.69 Å². The van der Waals surface area contributed by atoms with Gasteiger partial charge in [-0.05, 0) is 22.6 Å². The molecule has 0 amide bonds. The van der Waals surface area contributed by atoms with Crippen LogP contribution in [0.2, 0.25) is 0 Å². The Morgan fingerprint density at radius 3 is 2.60 bits per heavy atom. The van der Waals surface area contributed by atoms with Crippen LogP contribution in [0, 0.1) is 3.57 Å². The van der Waals surface area contributed by atoms with Crippen LogP contribution in [0.15, 0.2) is 6.20 Å². The molecule has 0 bridgehead atoms. The first kappa shape index (κ1) is 10.5. The molecule has 0 unspecified atom stereocenters. The van der Waals surface area contributed by atoms with Crippen LogP contribution in [0.4, 0.5) is 0 Å². The average Bonchev–Trinajstić information content (AvgIpc) is 2.12. The summed E-state index contributed by atoms with van der Waals surface area (Å²) in [5.41, 5.74) is 1.08. The third-order valence-electron chi connectivity index (χ3n) is 1.14. The largest absolute Gasteiger partial charge is 0.270 e. The third-order valence-corrected chi connectivity index (χ3v) is 2.29. The lowest BCUT2D eigenvalue weighted by Gasteiger charge is -1.94. The van der Waals surface area contributed by atoms with E-state index >= 15 is 0 Å². The van der Waals surface area contributed by atoms with E-state index in [-0.39, 0.29) is 12.4 Å². The summed E-state index contributed by atoms with van der Waals surface area (Å²) in [4.78, 5) is 0. The highest BCUT2D eigenvalue weighted by Gasteiger charge is 2.01. The molecular weight excluding hydrogens is 286 g/mol. The molecule has 0 spiro atoms. The normalized spacial score (nSPS) is 9.10. The summed E-state index contributed by atoms with van der Waals surface area (Å²) in [7, 11) is 1.89. The van der Waals surface area contributed by atoms with Crippen molar-refractivity contribution in [2.24, 2.45) is 7.05 Å². The summed E-state index contributed by atoms with van der Waals surface area (Å²) in [6, 6.07) is 0. The summed E-state index contributed by atoms with van der Waals surface area (Å²) in [6.45, 7) is 0. The summed E-state index contributed by atoms with van der Waals surface area (Å²) >= 11 is 7.83. The lowest BCUT2D eigenvalue weighted by Crippen LogP contribution is -1.95. The van der Waals surface area contributed by atoms with Crippen molar-refractivity contribution in [2.45, 2.75) is 5.88 Å². The highest BCUT2D eigenvalue weighted by atomic mass is 127. The molecule has 0 aliphatic rings. The smallest absolute Gasteiger partial charge is 0.0661 e. The highest BCUT2D eigenvalue weighted by Crippen LogP contribution is 2.11. The minimum Gasteiger partial charge on any atom is -0.270 e. The quantitative estimate of drug-likeness (QED) is 0.573. The molecule has 1 rings (SSSR count). The molecule has 5 heteroatoms. The van der Waals surface area contributed by atoms with Crippen LogP contribution >= 0.6 is 46.6 Å². The Kier molecular flexibility index (Phi) is 4.64. The maximum Gasteiger partial charge on any atom is 0.0661 e. The fourth-order valence-corrected chi connectivity index (χ4v) is 1.79. The fraction of sp³-hybridized carbons (Fsp3) is 0.400. The van der Waals surface area contributed by atoms with E-state index in [1.165, 1.54) is 0 Å². The van der Waals surface area contributed by atoms with Gasteiger partial charge in [-0.25, -0.2) is 0 Å². The molecule has 0 fully saturated rings. The lowest BCUT2D eigenvalue weighted by molar-refractivity contribution is 0.734. The van der Waals surface area contributed by atoms with Crippen molar-refractivity contribution in [3.8, 4) is 0 Å². The van der Waals surface area contributed by atoms with Gasteiger partial charge in [-0.2, -0.15) is 5.10 Å². The number of rotatable bonds is 1. The summed E-state index contributed by atoms with van der Waals surface area (Å²) < 4.78 is 2.92. The predicted octanol–water partition coefficient (Wildman–Crippen LogP) is 2.19. The number of alkyl halides is 1. The van der Waals surface area contributed by atoms with Crippen LogP contribution in [-0.2, 0) is 12.9 Å². The molecule has 2 nitrogen and oxygen atoms in total. The zero-order valence-corrected chi connectivity index (χ0v) is 9.07. The molecule has 58 valence electrons. The van der Waals surface area contributed by atoms with E-state index in [1.807, 2.05) is 7.05 Å². The van der Waals surface area contributed by atoms with Gasteiger partial charge in [-0.1, -0.05) is 0 Å². The van der Waals surface area contributed by atoms with Crippen molar-refractivity contribution in [1.82, 2.24) is 9.78 Å². The molecule has 0 aliphatic carbocycles. The molecule has 1 heterocycles. The molecule has 0 aromatic carbocycles. The number of nitrogens with zero attached hydrogens (tertiary/aromatic N) is 2. The molecule has 10 heavy (non-hydrogen) atoms.